The summed E-state index contributed by atoms with van der Waals surface area (Å²) in [6, 6.07) is 6.23. The molecule has 25 heavy (non-hydrogen) atoms. The lowest BCUT2D eigenvalue weighted by atomic mass is 10.1. The van der Waals surface area contributed by atoms with Crippen LogP contribution in [0.3, 0.4) is 0 Å². The molecule has 1 amide bonds. The van der Waals surface area contributed by atoms with E-state index in [1.807, 2.05) is 19.1 Å². The fraction of sp³-hybridized carbons (Fsp3) is 0.500. The molecule has 0 aliphatic carbocycles. The van der Waals surface area contributed by atoms with Crippen molar-refractivity contribution in [1.29, 1.82) is 0 Å². The lowest BCUT2D eigenvalue weighted by Gasteiger charge is -2.25. The van der Waals surface area contributed by atoms with Crippen LogP contribution in [0.1, 0.15) is 32.8 Å². The third-order valence-corrected chi connectivity index (χ3v) is 4.69. The third kappa shape index (κ3) is 7.37. The van der Waals surface area contributed by atoms with Crippen LogP contribution in [0, 0.1) is 6.92 Å². The molecule has 0 aromatic heterocycles. The zero-order chi connectivity index (χ0) is 19.2. The van der Waals surface area contributed by atoms with Crippen molar-refractivity contribution in [2.24, 2.45) is 0 Å². The van der Waals surface area contributed by atoms with Crippen molar-refractivity contribution in [1.82, 2.24) is 5.32 Å². The van der Waals surface area contributed by atoms with Crippen molar-refractivity contribution >= 4 is 16.9 Å². The van der Waals surface area contributed by atoms with Gasteiger partial charge in [-0.25, -0.2) is 9.00 Å². The molecule has 0 radical (unpaired) electrons. The van der Waals surface area contributed by atoms with Crippen LogP contribution in [0.2, 0.25) is 0 Å². The number of hydrogen-bond donors (Lipinski definition) is 3. The Balaban J connectivity index is 2.66. The SMILES string of the molecule is C=C(C[C@@H](O)[C@H](CO)NC(=O)OC(C)(C)C)[S@@](=O)c1ccc(C)cc1. The van der Waals surface area contributed by atoms with E-state index in [0.29, 0.717) is 9.80 Å². The van der Waals surface area contributed by atoms with Gasteiger partial charge >= 0.3 is 6.09 Å². The normalized spacial score (nSPS) is 15.1. The summed E-state index contributed by atoms with van der Waals surface area (Å²) in [5.41, 5.74) is 0.360. The van der Waals surface area contributed by atoms with Gasteiger partial charge in [0.05, 0.1) is 29.6 Å². The van der Waals surface area contributed by atoms with Gasteiger partial charge in [0, 0.05) is 16.2 Å². The number of aryl methyl sites for hydroxylation is 1. The average Bonchev–Trinajstić information content (AvgIpc) is 2.50. The fourth-order valence-corrected chi connectivity index (χ4v) is 3.04. The van der Waals surface area contributed by atoms with E-state index in [4.69, 9.17) is 4.74 Å². The van der Waals surface area contributed by atoms with E-state index in [9.17, 15) is 19.2 Å². The van der Waals surface area contributed by atoms with Gasteiger partial charge in [0.15, 0.2) is 0 Å². The zero-order valence-corrected chi connectivity index (χ0v) is 15.9. The minimum absolute atomic E-state index is 0.0263. The van der Waals surface area contributed by atoms with Gasteiger partial charge in [-0.15, -0.1) is 0 Å². The number of aliphatic hydroxyl groups excluding tert-OH is 2. The Morgan fingerprint density at radius 3 is 2.36 bits per heavy atom. The van der Waals surface area contributed by atoms with Crippen LogP contribution in [0.5, 0.6) is 0 Å². The van der Waals surface area contributed by atoms with Crippen molar-refractivity contribution < 1.29 is 24.0 Å². The van der Waals surface area contributed by atoms with Crippen molar-refractivity contribution in [3.8, 4) is 0 Å². The van der Waals surface area contributed by atoms with Crippen molar-refractivity contribution in [3.05, 3.63) is 41.3 Å². The second-order valence-corrected chi connectivity index (χ2v) is 8.41. The molecular formula is C18H27NO5S. The van der Waals surface area contributed by atoms with Gasteiger partial charge in [0.2, 0.25) is 0 Å². The second kappa shape index (κ2) is 9.12. The van der Waals surface area contributed by atoms with Gasteiger partial charge < -0.3 is 20.3 Å². The fourth-order valence-electron chi connectivity index (χ4n) is 2.00. The topological polar surface area (TPSA) is 95.9 Å². The van der Waals surface area contributed by atoms with Gasteiger partial charge in [-0.3, -0.25) is 0 Å². The number of rotatable bonds is 7. The molecule has 0 fully saturated rings. The molecule has 7 heteroatoms. The van der Waals surface area contributed by atoms with Gasteiger partial charge in [-0.05, 0) is 39.8 Å². The van der Waals surface area contributed by atoms with Crippen LogP contribution in [0.15, 0.2) is 40.6 Å². The Bertz CT molecular complexity index is 621. The minimum Gasteiger partial charge on any atom is -0.444 e. The maximum Gasteiger partial charge on any atom is 0.408 e. The lowest BCUT2D eigenvalue weighted by Crippen LogP contribution is -2.47. The summed E-state index contributed by atoms with van der Waals surface area (Å²) in [5.74, 6) is 0. The molecule has 0 aliphatic rings. The molecule has 1 rings (SSSR count). The zero-order valence-electron chi connectivity index (χ0n) is 15.1. The van der Waals surface area contributed by atoms with E-state index in [0.717, 1.165) is 5.56 Å². The largest absolute Gasteiger partial charge is 0.444 e. The van der Waals surface area contributed by atoms with E-state index >= 15 is 0 Å². The number of amides is 1. The standard InChI is InChI=1S/C18H27NO5S/c1-12-6-8-14(9-7-12)25(23)13(2)10-16(21)15(11-20)19-17(22)24-18(3,4)5/h6-9,15-16,20-21H,2,10-11H2,1,3-5H3,(H,19,22)/t15-,16+,25+/m0/s1. The first kappa shape index (κ1) is 21.3. The first-order valence-corrected chi connectivity index (χ1v) is 9.13. The number of benzene rings is 1. The molecule has 0 bridgehead atoms. The summed E-state index contributed by atoms with van der Waals surface area (Å²) >= 11 is 0. The van der Waals surface area contributed by atoms with Gasteiger partial charge in [-0.1, -0.05) is 24.3 Å². The summed E-state index contributed by atoms with van der Waals surface area (Å²) in [6.07, 6.45) is -1.91. The number of alkyl carbamates (subject to hydrolysis) is 1. The molecule has 0 aliphatic heterocycles. The van der Waals surface area contributed by atoms with E-state index in [1.165, 1.54) is 0 Å². The van der Waals surface area contributed by atoms with Gasteiger partial charge in [-0.2, -0.15) is 0 Å². The summed E-state index contributed by atoms with van der Waals surface area (Å²) in [7, 11) is -1.48. The van der Waals surface area contributed by atoms with Crippen LogP contribution in [-0.2, 0) is 15.5 Å². The number of ether oxygens (including phenoxy) is 1. The van der Waals surface area contributed by atoms with E-state index < -0.39 is 41.2 Å². The molecule has 3 N–H and O–H groups in total. The predicted octanol–water partition coefficient (Wildman–Crippen LogP) is 2.25. The Morgan fingerprint density at radius 2 is 1.88 bits per heavy atom. The first-order chi connectivity index (χ1) is 11.5. The number of hydrogen-bond acceptors (Lipinski definition) is 5. The molecule has 0 spiro atoms. The number of nitrogens with one attached hydrogen (secondary N) is 1. The molecular weight excluding hydrogens is 342 g/mol. The number of carbonyl (C=O) groups excluding carboxylic acids is 1. The van der Waals surface area contributed by atoms with E-state index in [2.05, 4.69) is 11.9 Å². The molecule has 0 heterocycles. The Morgan fingerprint density at radius 1 is 1.32 bits per heavy atom. The van der Waals surface area contributed by atoms with Crippen molar-refractivity contribution in [2.45, 2.75) is 56.8 Å². The monoisotopic (exact) mass is 369 g/mol. The highest BCUT2D eigenvalue weighted by Gasteiger charge is 2.25. The third-order valence-electron chi connectivity index (χ3n) is 3.30. The van der Waals surface area contributed by atoms with Crippen LogP contribution in [-0.4, -0.2) is 44.9 Å². The molecule has 1 aromatic carbocycles. The maximum atomic E-state index is 12.4. The van der Waals surface area contributed by atoms with Crippen molar-refractivity contribution in [3.63, 3.8) is 0 Å². The Labute approximate surface area is 151 Å². The minimum atomic E-state index is -1.48. The molecule has 6 nitrogen and oxygen atoms in total. The quantitative estimate of drug-likeness (QED) is 0.685. The van der Waals surface area contributed by atoms with Crippen LogP contribution in [0.25, 0.3) is 0 Å². The summed E-state index contributed by atoms with van der Waals surface area (Å²) in [5, 5.41) is 22.1. The van der Waals surface area contributed by atoms with Gasteiger partial charge in [0.25, 0.3) is 0 Å². The summed E-state index contributed by atoms with van der Waals surface area (Å²) in [6.45, 7) is 10.3. The van der Waals surface area contributed by atoms with Gasteiger partial charge in [0.1, 0.15) is 5.60 Å². The summed E-state index contributed by atoms with van der Waals surface area (Å²) < 4.78 is 17.5. The maximum absolute atomic E-state index is 12.4. The lowest BCUT2D eigenvalue weighted by molar-refractivity contribution is 0.0355. The average molecular weight is 369 g/mol. The predicted molar refractivity (Wildman–Crippen MR) is 97.6 cm³/mol. The highest BCUT2D eigenvalue weighted by molar-refractivity contribution is 7.89. The first-order valence-electron chi connectivity index (χ1n) is 7.98. The molecule has 0 saturated heterocycles. The molecule has 0 saturated carbocycles. The van der Waals surface area contributed by atoms with Crippen LogP contribution in [0.4, 0.5) is 4.79 Å². The Kier molecular flexibility index (Phi) is 7.79. The molecule has 0 unspecified atom stereocenters. The second-order valence-electron chi connectivity index (χ2n) is 6.83. The summed E-state index contributed by atoms with van der Waals surface area (Å²) in [4.78, 5) is 12.7. The van der Waals surface area contributed by atoms with Crippen LogP contribution < -0.4 is 5.32 Å². The number of aliphatic hydroxyl groups is 2. The van der Waals surface area contributed by atoms with Crippen LogP contribution >= 0.6 is 0 Å². The van der Waals surface area contributed by atoms with Crippen molar-refractivity contribution in [2.75, 3.05) is 6.61 Å². The highest BCUT2D eigenvalue weighted by atomic mass is 32.2. The molecule has 1 aromatic rings. The number of carbonyl (C=O) groups is 1. The molecule has 3 atom stereocenters. The van der Waals surface area contributed by atoms with E-state index in [-0.39, 0.29) is 6.42 Å². The Hall–Kier alpha value is -1.70. The molecule has 140 valence electrons. The highest BCUT2D eigenvalue weighted by Crippen LogP contribution is 2.19. The van der Waals surface area contributed by atoms with E-state index in [1.54, 1.807) is 32.9 Å². The smallest absolute Gasteiger partial charge is 0.408 e.